The number of esters is 1. The second kappa shape index (κ2) is 8.74. The monoisotopic (exact) mass is 346 g/mol. The molecule has 0 aliphatic carbocycles. The van der Waals surface area contributed by atoms with Gasteiger partial charge in [0.1, 0.15) is 19.0 Å². The standard InChI is InChI=1S/C20H23ClO3/c1-20(2,15-24-19(22)11-12-21)17-9-6-10-18(13-17)23-14-16-7-4-3-5-8-16/h3-10,13H,11-12,14-15H2,1-2H3. The number of hydrogen-bond donors (Lipinski definition) is 0. The first-order chi connectivity index (χ1) is 11.5. The van der Waals surface area contributed by atoms with Crippen LogP contribution in [0.15, 0.2) is 54.6 Å². The van der Waals surface area contributed by atoms with Gasteiger partial charge in [0, 0.05) is 11.3 Å². The van der Waals surface area contributed by atoms with Gasteiger partial charge in [0.05, 0.1) is 6.42 Å². The molecule has 0 atom stereocenters. The summed E-state index contributed by atoms with van der Waals surface area (Å²) in [7, 11) is 0. The van der Waals surface area contributed by atoms with E-state index < -0.39 is 0 Å². The second-order valence-corrected chi connectivity index (χ2v) is 6.66. The molecular formula is C20H23ClO3. The Bertz CT molecular complexity index is 653. The Labute approximate surface area is 148 Å². The number of carbonyl (C=O) groups excluding carboxylic acids is 1. The van der Waals surface area contributed by atoms with Crippen LogP contribution in [0.5, 0.6) is 5.75 Å². The van der Waals surface area contributed by atoms with Gasteiger partial charge in [0.2, 0.25) is 0 Å². The molecule has 24 heavy (non-hydrogen) atoms. The molecule has 0 aromatic heterocycles. The third-order valence-corrected chi connectivity index (χ3v) is 3.95. The highest BCUT2D eigenvalue weighted by Crippen LogP contribution is 2.27. The Balaban J connectivity index is 1.99. The van der Waals surface area contributed by atoms with Crippen molar-refractivity contribution in [1.29, 1.82) is 0 Å². The van der Waals surface area contributed by atoms with Gasteiger partial charge < -0.3 is 9.47 Å². The third kappa shape index (κ3) is 5.57. The minimum absolute atomic E-state index is 0.234. The van der Waals surface area contributed by atoms with Crippen LogP contribution < -0.4 is 4.74 Å². The molecule has 128 valence electrons. The molecular weight excluding hydrogens is 324 g/mol. The van der Waals surface area contributed by atoms with E-state index in [-0.39, 0.29) is 23.7 Å². The maximum absolute atomic E-state index is 11.5. The topological polar surface area (TPSA) is 35.5 Å². The Morgan fingerprint density at radius 2 is 1.83 bits per heavy atom. The first-order valence-electron chi connectivity index (χ1n) is 8.00. The minimum Gasteiger partial charge on any atom is -0.489 e. The summed E-state index contributed by atoms with van der Waals surface area (Å²) in [4.78, 5) is 11.5. The average molecular weight is 347 g/mol. The molecule has 0 bridgehead atoms. The quantitative estimate of drug-likeness (QED) is 0.512. The van der Waals surface area contributed by atoms with Crippen molar-refractivity contribution >= 4 is 17.6 Å². The highest BCUT2D eigenvalue weighted by atomic mass is 35.5. The number of ether oxygens (including phenoxy) is 2. The molecule has 0 heterocycles. The van der Waals surface area contributed by atoms with Gasteiger partial charge in [-0.05, 0) is 23.3 Å². The maximum Gasteiger partial charge on any atom is 0.307 e. The summed E-state index contributed by atoms with van der Waals surface area (Å²) in [6, 6.07) is 17.9. The SMILES string of the molecule is CC(C)(COC(=O)CCCl)c1cccc(OCc2ccccc2)c1. The minimum atomic E-state index is -0.298. The van der Waals surface area contributed by atoms with Crippen LogP contribution in [-0.4, -0.2) is 18.5 Å². The molecule has 2 aromatic rings. The number of rotatable bonds is 8. The van der Waals surface area contributed by atoms with Crippen LogP contribution in [0.3, 0.4) is 0 Å². The van der Waals surface area contributed by atoms with Gasteiger partial charge in [-0.25, -0.2) is 0 Å². The lowest BCUT2D eigenvalue weighted by molar-refractivity contribution is -0.144. The molecule has 0 fully saturated rings. The zero-order valence-electron chi connectivity index (χ0n) is 14.1. The summed E-state index contributed by atoms with van der Waals surface area (Å²) in [5, 5.41) is 0. The molecule has 4 heteroatoms. The molecule has 0 N–H and O–H groups in total. The van der Waals surface area contributed by atoms with Gasteiger partial charge in [-0.1, -0.05) is 56.3 Å². The Morgan fingerprint density at radius 3 is 2.54 bits per heavy atom. The molecule has 0 aliphatic rings. The normalized spacial score (nSPS) is 11.1. The van der Waals surface area contributed by atoms with E-state index in [1.54, 1.807) is 0 Å². The predicted octanol–water partition coefficient (Wildman–Crippen LogP) is 4.72. The van der Waals surface area contributed by atoms with Gasteiger partial charge in [0.15, 0.2) is 0 Å². The largest absolute Gasteiger partial charge is 0.489 e. The van der Waals surface area contributed by atoms with Crippen LogP contribution >= 0.6 is 11.6 Å². The number of alkyl halides is 1. The van der Waals surface area contributed by atoms with Crippen molar-refractivity contribution in [2.75, 3.05) is 12.5 Å². The van der Waals surface area contributed by atoms with E-state index in [2.05, 4.69) is 0 Å². The van der Waals surface area contributed by atoms with Crippen LogP contribution in [0.1, 0.15) is 31.4 Å². The van der Waals surface area contributed by atoms with E-state index in [1.165, 1.54) is 0 Å². The molecule has 0 amide bonds. The van der Waals surface area contributed by atoms with Crippen LogP contribution in [-0.2, 0) is 21.6 Å². The van der Waals surface area contributed by atoms with E-state index in [0.29, 0.717) is 13.2 Å². The van der Waals surface area contributed by atoms with Gasteiger partial charge in [-0.2, -0.15) is 0 Å². The van der Waals surface area contributed by atoms with Crippen LogP contribution in [0.25, 0.3) is 0 Å². The van der Waals surface area contributed by atoms with Gasteiger partial charge >= 0.3 is 5.97 Å². The Morgan fingerprint density at radius 1 is 1.08 bits per heavy atom. The summed E-state index contributed by atoms with van der Waals surface area (Å²) in [5.74, 6) is 0.813. The predicted molar refractivity (Wildman–Crippen MR) is 96.5 cm³/mol. The fourth-order valence-corrected chi connectivity index (χ4v) is 2.40. The summed E-state index contributed by atoms with van der Waals surface area (Å²) < 4.78 is 11.2. The highest BCUT2D eigenvalue weighted by molar-refractivity contribution is 6.18. The fourth-order valence-electron chi connectivity index (χ4n) is 2.24. The molecule has 0 saturated carbocycles. The van der Waals surface area contributed by atoms with Gasteiger partial charge in [-0.3, -0.25) is 4.79 Å². The lowest BCUT2D eigenvalue weighted by Crippen LogP contribution is -2.26. The van der Waals surface area contributed by atoms with E-state index in [0.717, 1.165) is 16.9 Å². The second-order valence-electron chi connectivity index (χ2n) is 6.29. The maximum atomic E-state index is 11.5. The summed E-state index contributed by atoms with van der Waals surface area (Å²) in [5.41, 5.74) is 1.89. The van der Waals surface area contributed by atoms with Crippen molar-refractivity contribution < 1.29 is 14.3 Å². The lowest BCUT2D eigenvalue weighted by atomic mass is 9.85. The molecule has 0 spiro atoms. The molecule has 0 aliphatic heterocycles. The van der Waals surface area contributed by atoms with Crippen LogP contribution in [0.4, 0.5) is 0 Å². The van der Waals surface area contributed by atoms with E-state index in [1.807, 2.05) is 68.4 Å². The Kier molecular flexibility index (Phi) is 6.68. The first kappa shape index (κ1) is 18.3. The van der Waals surface area contributed by atoms with Crippen molar-refractivity contribution in [3.63, 3.8) is 0 Å². The molecule has 3 nitrogen and oxygen atoms in total. The summed E-state index contributed by atoms with van der Waals surface area (Å²) in [6.07, 6.45) is 0.234. The molecule has 2 rings (SSSR count). The fraction of sp³-hybridized carbons (Fsp3) is 0.350. The number of benzene rings is 2. The van der Waals surface area contributed by atoms with Crippen LogP contribution in [0, 0.1) is 0 Å². The van der Waals surface area contributed by atoms with Crippen LogP contribution in [0.2, 0.25) is 0 Å². The lowest BCUT2D eigenvalue weighted by Gasteiger charge is -2.25. The smallest absolute Gasteiger partial charge is 0.307 e. The zero-order chi connectivity index (χ0) is 17.4. The zero-order valence-corrected chi connectivity index (χ0v) is 14.9. The first-order valence-corrected chi connectivity index (χ1v) is 8.53. The number of halogens is 1. The van der Waals surface area contributed by atoms with Gasteiger partial charge in [-0.15, -0.1) is 11.6 Å². The third-order valence-electron chi connectivity index (χ3n) is 3.76. The van der Waals surface area contributed by atoms with E-state index in [9.17, 15) is 4.79 Å². The molecule has 0 saturated heterocycles. The number of carbonyl (C=O) groups is 1. The Hall–Kier alpha value is -2.00. The highest BCUT2D eigenvalue weighted by Gasteiger charge is 2.23. The van der Waals surface area contributed by atoms with E-state index >= 15 is 0 Å². The molecule has 2 aromatic carbocycles. The number of hydrogen-bond acceptors (Lipinski definition) is 3. The average Bonchev–Trinajstić information content (AvgIpc) is 2.60. The summed E-state index contributed by atoms with van der Waals surface area (Å²) >= 11 is 5.55. The van der Waals surface area contributed by atoms with Crippen molar-refractivity contribution in [3.05, 3.63) is 65.7 Å². The van der Waals surface area contributed by atoms with Crippen molar-refractivity contribution in [3.8, 4) is 5.75 Å². The summed E-state index contributed by atoms with van der Waals surface area (Å²) in [6.45, 7) is 4.91. The van der Waals surface area contributed by atoms with E-state index in [4.69, 9.17) is 21.1 Å². The van der Waals surface area contributed by atoms with Crippen molar-refractivity contribution in [2.45, 2.75) is 32.3 Å². The van der Waals surface area contributed by atoms with Crippen molar-refractivity contribution in [2.24, 2.45) is 0 Å². The molecule has 0 radical (unpaired) electrons. The molecule has 0 unspecified atom stereocenters. The van der Waals surface area contributed by atoms with Crippen molar-refractivity contribution in [1.82, 2.24) is 0 Å². The van der Waals surface area contributed by atoms with Gasteiger partial charge in [0.25, 0.3) is 0 Å².